The standard InChI is InChI=1S/C16H18N2O2/c17-9-11-14(10-5-2-1-3-6-10)15-12(19)7-4-8-13(15)20-16(11)18/h1-2,10-11,14,18H,3-8H2. The topological polar surface area (TPSA) is 73.9 Å². The highest BCUT2D eigenvalue weighted by Crippen LogP contribution is 2.44. The number of allylic oxidation sites excluding steroid dienone is 4. The fourth-order valence-corrected chi connectivity index (χ4v) is 3.63. The SMILES string of the molecule is N#CC1C(=N)OC2=C(C(=O)CCC2)C1C1CC=CCC1. The number of hydrogen-bond acceptors (Lipinski definition) is 4. The van der Waals surface area contributed by atoms with E-state index in [1.165, 1.54) is 0 Å². The zero-order valence-electron chi connectivity index (χ0n) is 11.4. The van der Waals surface area contributed by atoms with Crippen molar-refractivity contribution in [2.75, 3.05) is 0 Å². The van der Waals surface area contributed by atoms with Crippen molar-refractivity contribution in [3.8, 4) is 6.07 Å². The van der Waals surface area contributed by atoms with E-state index in [4.69, 9.17) is 10.1 Å². The second kappa shape index (κ2) is 5.24. The summed E-state index contributed by atoms with van der Waals surface area (Å²) < 4.78 is 5.49. The molecule has 3 atom stereocenters. The summed E-state index contributed by atoms with van der Waals surface area (Å²) in [5.41, 5.74) is 0.721. The fraction of sp³-hybridized carbons (Fsp3) is 0.562. The van der Waals surface area contributed by atoms with Gasteiger partial charge in [0.2, 0.25) is 5.90 Å². The van der Waals surface area contributed by atoms with E-state index < -0.39 is 5.92 Å². The first-order chi connectivity index (χ1) is 9.72. The summed E-state index contributed by atoms with van der Waals surface area (Å²) in [7, 11) is 0. The molecule has 0 aromatic rings. The normalized spacial score (nSPS) is 33.5. The van der Waals surface area contributed by atoms with Crippen LogP contribution in [0.3, 0.4) is 0 Å². The number of carbonyl (C=O) groups is 1. The summed E-state index contributed by atoms with van der Waals surface area (Å²) in [6, 6.07) is 2.19. The number of rotatable bonds is 1. The zero-order chi connectivity index (χ0) is 14.1. The number of ether oxygens (including phenoxy) is 1. The van der Waals surface area contributed by atoms with Crippen molar-refractivity contribution in [2.24, 2.45) is 17.8 Å². The van der Waals surface area contributed by atoms with Gasteiger partial charge in [0.15, 0.2) is 5.78 Å². The Morgan fingerprint density at radius 3 is 2.90 bits per heavy atom. The smallest absolute Gasteiger partial charge is 0.204 e. The van der Waals surface area contributed by atoms with Crippen molar-refractivity contribution >= 4 is 11.7 Å². The second-order valence-corrected chi connectivity index (χ2v) is 5.76. The van der Waals surface area contributed by atoms with Crippen LogP contribution in [0.4, 0.5) is 0 Å². The van der Waals surface area contributed by atoms with E-state index in [1.54, 1.807) is 0 Å². The minimum atomic E-state index is -0.604. The van der Waals surface area contributed by atoms with Gasteiger partial charge in [-0.3, -0.25) is 10.2 Å². The van der Waals surface area contributed by atoms with Crippen LogP contribution in [0.25, 0.3) is 0 Å². The molecule has 1 N–H and O–H groups in total. The Hall–Kier alpha value is -1.89. The van der Waals surface area contributed by atoms with Crippen LogP contribution >= 0.6 is 0 Å². The maximum Gasteiger partial charge on any atom is 0.204 e. The molecule has 104 valence electrons. The molecule has 3 unspecified atom stereocenters. The van der Waals surface area contributed by atoms with Crippen LogP contribution in [0, 0.1) is 34.5 Å². The average Bonchev–Trinajstić information content (AvgIpc) is 2.47. The van der Waals surface area contributed by atoms with Crippen molar-refractivity contribution in [1.29, 1.82) is 10.7 Å². The van der Waals surface area contributed by atoms with Crippen LogP contribution in [-0.4, -0.2) is 11.7 Å². The first-order valence-corrected chi connectivity index (χ1v) is 7.29. The number of nitrogens with zero attached hydrogens (tertiary/aromatic N) is 1. The Bertz CT molecular complexity index is 553. The minimum absolute atomic E-state index is 0.0282. The van der Waals surface area contributed by atoms with Gasteiger partial charge >= 0.3 is 0 Å². The lowest BCUT2D eigenvalue weighted by Gasteiger charge is -2.38. The van der Waals surface area contributed by atoms with Gasteiger partial charge in [-0.1, -0.05) is 12.2 Å². The zero-order valence-corrected chi connectivity index (χ0v) is 11.4. The fourth-order valence-electron chi connectivity index (χ4n) is 3.63. The summed E-state index contributed by atoms with van der Waals surface area (Å²) in [6.45, 7) is 0. The third-order valence-corrected chi connectivity index (χ3v) is 4.57. The van der Waals surface area contributed by atoms with Gasteiger partial charge in [-0.05, 0) is 31.6 Å². The predicted molar refractivity (Wildman–Crippen MR) is 73.8 cm³/mol. The molecule has 4 nitrogen and oxygen atoms in total. The van der Waals surface area contributed by atoms with Crippen LogP contribution in [0.2, 0.25) is 0 Å². The number of ketones is 1. The first kappa shape index (κ1) is 13.1. The van der Waals surface area contributed by atoms with E-state index >= 15 is 0 Å². The highest BCUT2D eigenvalue weighted by atomic mass is 16.5. The van der Waals surface area contributed by atoms with Gasteiger partial charge in [0.05, 0.1) is 6.07 Å². The summed E-state index contributed by atoms with van der Waals surface area (Å²) in [4.78, 5) is 12.3. The predicted octanol–water partition coefficient (Wildman–Crippen LogP) is 3.11. The molecule has 3 rings (SSSR count). The van der Waals surface area contributed by atoms with E-state index in [-0.39, 0.29) is 23.5 Å². The van der Waals surface area contributed by atoms with Gasteiger partial charge in [0.25, 0.3) is 0 Å². The molecule has 0 spiro atoms. The Labute approximate surface area is 118 Å². The Morgan fingerprint density at radius 2 is 2.20 bits per heavy atom. The lowest BCUT2D eigenvalue weighted by atomic mass is 9.68. The monoisotopic (exact) mass is 270 g/mol. The molecule has 1 aliphatic heterocycles. The number of nitrogens with one attached hydrogen (secondary N) is 1. The van der Waals surface area contributed by atoms with Crippen molar-refractivity contribution in [2.45, 2.75) is 38.5 Å². The number of hydrogen-bond donors (Lipinski definition) is 1. The number of carbonyl (C=O) groups excluding carboxylic acids is 1. The Kier molecular flexibility index (Phi) is 3.43. The highest BCUT2D eigenvalue weighted by Gasteiger charge is 2.44. The van der Waals surface area contributed by atoms with Crippen LogP contribution in [0.1, 0.15) is 38.5 Å². The van der Waals surface area contributed by atoms with Crippen molar-refractivity contribution in [3.63, 3.8) is 0 Å². The maximum absolute atomic E-state index is 12.3. The molecule has 0 bridgehead atoms. The Balaban J connectivity index is 2.04. The first-order valence-electron chi connectivity index (χ1n) is 7.29. The molecule has 0 saturated carbocycles. The quantitative estimate of drug-likeness (QED) is 0.744. The van der Waals surface area contributed by atoms with Crippen molar-refractivity contribution < 1.29 is 9.53 Å². The van der Waals surface area contributed by atoms with Crippen LogP contribution < -0.4 is 0 Å². The molecule has 0 saturated heterocycles. The minimum Gasteiger partial charge on any atom is -0.446 e. The highest BCUT2D eigenvalue weighted by molar-refractivity contribution is 6.00. The number of nitriles is 1. The molecule has 2 aliphatic carbocycles. The summed E-state index contributed by atoms with van der Waals surface area (Å²) >= 11 is 0. The van der Waals surface area contributed by atoms with Crippen LogP contribution in [0.15, 0.2) is 23.5 Å². The van der Waals surface area contributed by atoms with E-state index in [0.717, 1.165) is 37.7 Å². The molecule has 3 aliphatic rings. The molecule has 4 heteroatoms. The van der Waals surface area contributed by atoms with Gasteiger partial charge in [-0.15, -0.1) is 0 Å². The third-order valence-electron chi connectivity index (χ3n) is 4.57. The molecule has 0 radical (unpaired) electrons. The molecule has 0 amide bonds. The van der Waals surface area contributed by atoms with Gasteiger partial charge in [0, 0.05) is 24.3 Å². The van der Waals surface area contributed by atoms with Crippen LogP contribution in [-0.2, 0) is 9.53 Å². The molecular weight excluding hydrogens is 252 g/mol. The molecular formula is C16H18N2O2. The van der Waals surface area contributed by atoms with Crippen molar-refractivity contribution in [3.05, 3.63) is 23.5 Å². The Morgan fingerprint density at radius 1 is 1.35 bits per heavy atom. The lowest BCUT2D eigenvalue weighted by Crippen LogP contribution is -2.40. The lowest BCUT2D eigenvalue weighted by molar-refractivity contribution is -0.117. The second-order valence-electron chi connectivity index (χ2n) is 5.76. The van der Waals surface area contributed by atoms with E-state index in [0.29, 0.717) is 12.2 Å². The third kappa shape index (κ3) is 2.07. The maximum atomic E-state index is 12.3. The van der Waals surface area contributed by atoms with E-state index in [9.17, 15) is 10.1 Å². The molecule has 0 aromatic carbocycles. The largest absolute Gasteiger partial charge is 0.446 e. The molecule has 20 heavy (non-hydrogen) atoms. The summed E-state index contributed by atoms with van der Waals surface area (Å²) in [6.07, 6.45) is 9.21. The van der Waals surface area contributed by atoms with Gasteiger partial charge in [0.1, 0.15) is 11.7 Å². The van der Waals surface area contributed by atoms with Gasteiger partial charge in [-0.25, -0.2) is 0 Å². The van der Waals surface area contributed by atoms with Crippen molar-refractivity contribution in [1.82, 2.24) is 0 Å². The molecule has 1 heterocycles. The molecule has 0 aromatic heterocycles. The van der Waals surface area contributed by atoms with Gasteiger partial charge < -0.3 is 4.74 Å². The van der Waals surface area contributed by atoms with Gasteiger partial charge in [-0.2, -0.15) is 5.26 Å². The summed E-state index contributed by atoms with van der Waals surface area (Å²) in [5, 5.41) is 17.4. The molecule has 0 fully saturated rings. The van der Waals surface area contributed by atoms with E-state index in [1.807, 2.05) is 0 Å². The number of Topliss-reactive ketones (excluding diaryl/α,β-unsaturated/α-hetero) is 1. The average molecular weight is 270 g/mol. The van der Waals surface area contributed by atoms with Crippen LogP contribution in [0.5, 0.6) is 0 Å². The summed E-state index contributed by atoms with van der Waals surface area (Å²) in [5.74, 6) is 0.346. The van der Waals surface area contributed by atoms with E-state index in [2.05, 4.69) is 18.2 Å².